The van der Waals surface area contributed by atoms with Gasteiger partial charge in [-0.2, -0.15) is 0 Å². The number of carbonyl (C=O) groups is 2. The zero-order valence-corrected chi connectivity index (χ0v) is 20.0. The number of esters is 1. The van der Waals surface area contributed by atoms with E-state index in [-0.39, 0.29) is 24.0 Å². The number of aliphatic imine (C=N–C) groups is 1. The lowest BCUT2D eigenvalue weighted by atomic mass is 10.1. The van der Waals surface area contributed by atoms with Crippen LogP contribution in [0.5, 0.6) is 17.2 Å². The van der Waals surface area contributed by atoms with Crippen LogP contribution in [0.2, 0.25) is 0 Å². The molecule has 3 aromatic carbocycles. The number of cyclic esters (lactones) is 1. The number of ketones is 1. The van der Waals surface area contributed by atoms with Crippen molar-refractivity contribution in [3.05, 3.63) is 94.2 Å². The van der Waals surface area contributed by atoms with Crippen LogP contribution in [0.15, 0.2) is 71.4 Å². The first-order valence-corrected chi connectivity index (χ1v) is 11.0. The number of aryl methyl sites for hydroxylation is 1. The topological polar surface area (TPSA) is 83.4 Å². The molecular weight excluding hydrogens is 446 g/mol. The molecule has 3 aromatic rings. The highest BCUT2D eigenvalue weighted by molar-refractivity contribution is 6.13. The van der Waals surface area contributed by atoms with Crippen LogP contribution in [-0.2, 0) is 16.1 Å². The third-order valence-corrected chi connectivity index (χ3v) is 5.56. The fourth-order valence-corrected chi connectivity index (χ4v) is 3.63. The van der Waals surface area contributed by atoms with Crippen molar-refractivity contribution in [2.24, 2.45) is 4.99 Å². The first-order valence-electron chi connectivity index (χ1n) is 11.0. The SMILES string of the molecule is COc1cc(C(C)=O)ccc1COc1ccc(C=C2N=C(c3ccccc3C)OC2=O)cc1OC. The van der Waals surface area contributed by atoms with Crippen LogP contribution in [0, 0.1) is 6.92 Å². The van der Waals surface area contributed by atoms with Crippen molar-refractivity contribution >= 4 is 23.7 Å². The number of hydrogen-bond donors (Lipinski definition) is 0. The van der Waals surface area contributed by atoms with Gasteiger partial charge in [-0.25, -0.2) is 9.79 Å². The summed E-state index contributed by atoms with van der Waals surface area (Å²) in [4.78, 5) is 28.4. The second kappa shape index (κ2) is 10.3. The molecule has 7 nitrogen and oxygen atoms in total. The zero-order chi connectivity index (χ0) is 24.9. The van der Waals surface area contributed by atoms with E-state index in [9.17, 15) is 9.59 Å². The average Bonchev–Trinajstić information content (AvgIpc) is 3.22. The number of benzene rings is 3. The van der Waals surface area contributed by atoms with Gasteiger partial charge in [-0.3, -0.25) is 4.79 Å². The lowest BCUT2D eigenvalue weighted by molar-refractivity contribution is -0.129. The third kappa shape index (κ3) is 5.24. The number of hydrogen-bond acceptors (Lipinski definition) is 7. The molecule has 35 heavy (non-hydrogen) atoms. The smallest absolute Gasteiger partial charge is 0.363 e. The molecule has 0 fully saturated rings. The van der Waals surface area contributed by atoms with Gasteiger partial charge in [0.2, 0.25) is 5.90 Å². The third-order valence-electron chi connectivity index (χ3n) is 5.56. The maximum atomic E-state index is 12.4. The summed E-state index contributed by atoms with van der Waals surface area (Å²) < 4.78 is 22.2. The van der Waals surface area contributed by atoms with Gasteiger partial charge in [0.05, 0.1) is 14.2 Å². The van der Waals surface area contributed by atoms with Crippen LogP contribution in [0.1, 0.15) is 39.5 Å². The number of Topliss-reactive ketones (excluding diaryl/α,β-unsaturated/α-hetero) is 1. The van der Waals surface area contributed by atoms with E-state index in [0.29, 0.717) is 28.4 Å². The van der Waals surface area contributed by atoms with Gasteiger partial charge in [-0.05, 0) is 55.3 Å². The summed E-state index contributed by atoms with van der Waals surface area (Å²) in [6.45, 7) is 3.66. The molecule has 4 rings (SSSR count). The van der Waals surface area contributed by atoms with Crippen LogP contribution in [0.4, 0.5) is 0 Å². The molecule has 1 heterocycles. The molecule has 0 saturated heterocycles. The van der Waals surface area contributed by atoms with E-state index in [2.05, 4.69) is 4.99 Å². The predicted octanol–water partition coefficient (Wildman–Crippen LogP) is 5.14. The molecule has 0 saturated carbocycles. The number of carbonyl (C=O) groups excluding carboxylic acids is 2. The van der Waals surface area contributed by atoms with Crippen molar-refractivity contribution in [2.45, 2.75) is 20.5 Å². The Morgan fingerprint density at radius 3 is 2.46 bits per heavy atom. The molecule has 0 aromatic heterocycles. The van der Waals surface area contributed by atoms with Crippen molar-refractivity contribution in [3.63, 3.8) is 0 Å². The minimum Gasteiger partial charge on any atom is -0.496 e. The lowest BCUT2D eigenvalue weighted by Crippen LogP contribution is -2.06. The maximum Gasteiger partial charge on any atom is 0.363 e. The second-order valence-corrected chi connectivity index (χ2v) is 7.93. The summed E-state index contributed by atoms with van der Waals surface area (Å²) in [6, 6.07) is 18.1. The predicted molar refractivity (Wildman–Crippen MR) is 132 cm³/mol. The highest BCUT2D eigenvalue weighted by Gasteiger charge is 2.25. The van der Waals surface area contributed by atoms with E-state index < -0.39 is 5.97 Å². The fourth-order valence-electron chi connectivity index (χ4n) is 3.63. The Bertz CT molecular complexity index is 1360. The Labute approximate surface area is 203 Å². The number of ether oxygens (including phenoxy) is 4. The summed E-state index contributed by atoms with van der Waals surface area (Å²) in [7, 11) is 3.09. The summed E-state index contributed by atoms with van der Waals surface area (Å²) in [5.74, 6) is 1.32. The standard InChI is InChI=1S/C28H25NO6/c1-17-7-5-6-8-22(17)27-29-23(28(31)35-27)13-19-9-12-24(26(14-19)33-4)34-16-21-11-10-20(18(2)30)15-25(21)32-3/h5-15H,16H2,1-4H3. The minimum atomic E-state index is -0.511. The van der Waals surface area contributed by atoms with Crippen LogP contribution < -0.4 is 14.2 Å². The lowest BCUT2D eigenvalue weighted by Gasteiger charge is -2.14. The number of methoxy groups -OCH3 is 2. The summed E-state index contributed by atoms with van der Waals surface area (Å²) >= 11 is 0. The van der Waals surface area contributed by atoms with Crippen molar-refractivity contribution in [1.29, 1.82) is 0 Å². The van der Waals surface area contributed by atoms with Gasteiger partial charge in [-0.15, -0.1) is 0 Å². The largest absolute Gasteiger partial charge is 0.496 e. The van der Waals surface area contributed by atoms with Gasteiger partial charge >= 0.3 is 5.97 Å². The highest BCUT2D eigenvalue weighted by atomic mass is 16.6. The summed E-state index contributed by atoms with van der Waals surface area (Å²) in [5.41, 5.74) is 4.01. The molecule has 0 spiro atoms. The zero-order valence-electron chi connectivity index (χ0n) is 20.0. The minimum absolute atomic E-state index is 0.0383. The molecule has 1 aliphatic heterocycles. The van der Waals surface area contributed by atoms with Crippen LogP contribution in [0.3, 0.4) is 0 Å². The van der Waals surface area contributed by atoms with Crippen molar-refractivity contribution < 1.29 is 28.5 Å². The number of rotatable bonds is 8. The average molecular weight is 472 g/mol. The molecule has 0 N–H and O–H groups in total. The van der Waals surface area contributed by atoms with Gasteiger partial charge in [-0.1, -0.05) is 36.4 Å². The van der Waals surface area contributed by atoms with E-state index in [1.807, 2.05) is 31.2 Å². The molecule has 0 atom stereocenters. The van der Waals surface area contributed by atoms with Gasteiger partial charge < -0.3 is 18.9 Å². The van der Waals surface area contributed by atoms with Gasteiger partial charge in [0, 0.05) is 16.7 Å². The molecule has 178 valence electrons. The molecule has 0 amide bonds. The van der Waals surface area contributed by atoms with E-state index >= 15 is 0 Å². The molecular formula is C28H25NO6. The monoisotopic (exact) mass is 471 g/mol. The van der Waals surface area contributed by atoms with Crippen molar-refractivity contribution in [1.82, 2.24) is 0 Å². The van der Waals surface area contributed by atoms with Crippen molar-refractivity contribution in [2.75, 3.05) is 14.2 Å². The van der Waals surface area contributed by atoms with Gasteiger partial charge in [0.15, 0.2) is 23.0 Å². The summed E-state index contributed by atoms with van der Waals surface area (Å²) in [6.07, 6.45) is 1.64. The van der Waals surface area contributed by atoms with Crippen LogP contribution >= 0.6 is 0 Å². The number of nitrogens with zero attached hydrogens (tertiary/aromatic N) is 1. The highest BCUT2D eigenvalue weighted by Crippen LogP contribution is 2.32. The van der Waals surface area contributed by atoms with Gasteiger partial charge in [0.25, 0.3) is 0 Å². The summed E-state index contributed by atoms with van der Waals surface area (Å²) in [5, 5.41) is 0. The second-order valence-electron chi connectivity index (χ2n) is 7.93. The normalized spacial score (nSPS) is 13.9. The van der Waals surface area contributed by atoms with Gasteiger partial charge in [0.1, 0.15) is 12.4 Å². The first-order chi connectivity index (χ1) is 16.9. The Kier molecular flexibility index (Phi) is 6.96. The molecule has 0 radical (unpaired) electrons. The van der Waals surface area contributed by atoms with Crippen LogP contribution in [-0.4, -0.2) is 31.9 Å². The fraction of sp³-hybridized carbons (Fsp3) is 0.179. The Hall–Kier alpha value is -4.39. The van der Waals surface area contributed by atoms with E-state index in [1.165, 1.54) is 6.92 Å². The van der Waals surface area contributed by atoms with Crippen molar-refractivity contribution in [3.8, 4) is 17.2 Å². The van der Waals surface area contributed by atoms with E-state index in [1.54, 1.807) is 56.7 Å². The van der Waals surface area contributed by atoms with E-state index in [4.69, 9.17) is 18.9 Å². The molecule has 1 aliphatic rings. The Balaban J connectivity index is 1.54. The molecule has 0 aliphatic carbocycles. The Morgan fingerprint density at radius 1 is 0.971 bits per heavy atom. The molecule has 7 heteroatoms. The Morgan fingerprint density at radius 2 is 1.74 bits per heavy atom. The quantitative estimate of drug-likeness (QED) is 0.257. The van der Waals surface area contributed by atoms with Crippen LogP contribution in [0.25, 0.3) is 6.08 Å². The maximum absolute atomic E-state index is 12.4. The molecule has 0 unspecified atom stereocenters. The first kappa shape index (κ1) is 23.8. The van der Waals surface area contributed by atoms with E-state index in [0.717, 1.165) is 16.7 Å². The molecule has 0 bridgehead atoms.